The summed E-state index contributed by atoms with van der Waals surface area (Å²) in [5.41, 5.74) is 9.43. The number of carbonyl (C=O) groups excluding carboxylic acids is 2. The zero-order valence-electron chi connectivity index (χ0n) is 20.1. The number of carbonyl (C=O) groups is 2. The van der Waals surface area contributed by atoms with Crippen molar-refractivity contribution < 1.29 is 19.1 Å². The Balaban J connectivity index is 1.34. The monoisotopic (exact) mass is 473 g/mol. The largest absolute Gasteiger partial charge is 0.490 e. The van der Waals surface area contributed by atoms with Crippen LogP contribution in [0.3, 0.4) is 0 Å². The van der Waals surface area contributed by atoms with Crippen LogP contribution in [0.1, 0.15) is 31.4 Å². The SMILES string of the molecule is CCOc1cc(NNC(=O)[C@@H]2CC(=O)N(c3ccc(CC)cc3)C2)ccc1OCc1ccccc1. The molecular formula is C28H31N3O4. The second kappa shape index (κ2) is 11.4. The summed E-state index contributed by atoms with van der Waals surface area (Å²) < 4.78 is 11.7. The molecule has 1 aliphatic rings. The first-order valence-corrected chi connectivity index (χ1v) is 12.0. The topological polar surface area (TPSA) is 79.9 Å². The summed E-state index contributed by atoms with van der Waals surface area (Å²) in [6.45, 7) is 5.26. The Bertz CT molecular complexity index is 1150. The van der Waals surface area contributed by atoms with Crippen LogP contribution in [-0.2, 0) is 22.6 Å². The van der Waals surface area contributed by atoms with E-state index in [2.05, 4.69) is 17.8 Å². The first kappa shape index (κ1) is 24.1. The molecule has 0 aliphatic carbocycles. The molecule has 1 saturated heterocycles. The van der Waals surface area contributed by atoms with Crippen LogP contribution >= 0.6 is 0 Å². The molecule has 1 heterocycles. The van der Waals surface area contributed by atoms with Gasteiger partial charge in [0.15, 0.2) is 11.5 Å². The highest BCUT2D eigenvalue weighted by atomic mass is 16.5. The van der Waals surface area contributed by atoms with Crippen molar-refractivity contribution in [1.29, 1.82) is 0 Å². The lowest BCUT2D eigenvalue weighted by molar-refractivity contribution is -0.125. The lowest BCUT2D eigenvalue weighted by atomic mass is 10.1. The number of nitrogens with one attached hydrogen (secondary N) is 2. The van der Waals surface area contributed by atoms with E-state index in [0.29, 0.717) is 36.9 Å². The molecular weight excluding hydrogens is 442 g/mol. The zero-order chi connectivity index (χ0) is 24.6. The minimum Gasteiger partial charge on any atom is -0.490 e. The summed E-state index contributed by atoms with van der Waals surface area (Å²) in [6.07, 6.45) is 1.12. The van der Waals surface area contributed by atoms with Gasteiger partial charge in [0, 0.05) is 24.7 Å². The van der Waals surface area contributed by atoms with Crippen LogP contribution in [0.15, 0.2) is 72.8 Å². The van der Waals surface area contributed by atoms with Crippen molar-refractivity contribution in [2.75, 3.05) is 23.5 Å². The molecule has 1 fully saturated rings. The summed E-state index contributed by atoms with van der Waals surface area (Å²) in [5.74, 6) is 0.501. The van der Waals surface area contributed by atoms with Crippen LogP contribution < -0.4 is 25.2 Å². The molecule has 2 amide bonds. The van der Waals surface area contributed by atoms with Gasteiger partial charge in [-0.25, -0.2) is 0 Å². The highest BCUT2D eigenvalue weighted by Crippen LogP contribution is 2.31. The maximum atomic E-state index is 12.8. The van der Waals surface area contributed by atoms with E-state index in [-0.39, 0.29) is 18.2 Å². The molecule has 0 spiro atoms. The quantitative estimate of drug-likeness (QED) is 0.417. The van der Waals surface area contributed by atoms with Gasteiger partial charge in [-0.1, -0.05) is 49.4 Å². The first-order chi connectivity index (χ1) is 17.1. The van der Waals surface area contributed by atoms with E-state index in [9.17, 15) is 9.59 Å². The van der Waals surface area contributed by atoms with E-state index in [1.165, 1.54) is 5.56 Å². The Morgan fingerprint density at radius 3 is 2.43 bits per heavy atom. The van der Waals surface area contributed by atoms with Gasteiger partial charge in [0.2, 0.25) is 11.8 Å². The van der Waals surface area contributed by atoms with Gasteiger partial charge in [-0.05, 0) is 48.7 Å². The zero-order valence-corrected chi connectivity index (χ0v) is 20.1. The maximum Gasteiger partial charge on any atom is 0.243 e. The Hall–Kier alpha value is -4.00. The molecule has 3 aromatic carbocycles. The molecule has 0 aromatic heterocycles. The average Bonchev–Trinajstić information content (AvgIpc) is 3.29. The van der Waals surface area contributed by atoms with E-state index < -0.39 is 5.92 Å². The minimum atomic E-state index is -0.430. The van der Waals surface area contributed by atoms with Crippen molar-refractivity contribution in [3.05, 3.63) is 83.9 Å². The van der Waals surface area contributed by atoms with E-state index in [1.54, 1.807) is 11.0 Å². The maximum absolute atomic E-state index is 12.8. The van der Waals surface area contributed by atoms with Crippen LogP contribution in [0.25, 0.3) is 0 Å². The van der Waals surface area contributed by atoms with Crippen LogP contribution in [0, 0.1) is 5.92 Å². The highest BCUT2D eigenvalue weighted by Gasteiger charge is 2.35. The van der Waals surface area contributed by atoms with E-state index >= 15 is 0 Å². The second-order valence-corrected chi connectivity index (χ2v) is 8.41. The third-order valence-corrected chi connectivity index (χ3v) is 5.96. The van der Waals surface area contributed by atoms with Gasteiger partial charge in [0.1, 0.15) is 6.61 Å². The molecule has 2 N–H and O–H groups in total. The van der Waals surface area contributed by atoms with Crippen molar-refractivity contribution in [3.63, 3.8) is 0 Å². The Morgan fingerprint density at radius 1 is 0.943 bits per heavy atom. The molecule has 4 rings (SSSR count). The van der Waals surface area contributed by atoms with Crippen molar-refractivity contribution in [1.82, 2.24) is 5.43 Å². The summed E-state index contributed by atoms with van der Waals surface area (Å²) in [4.78, 5) is 27.0. The molecule has 3 aromatic rings. The fraction of sp³-hybridized carbons (Fsp3) is 0.286. The van der Waals surface area contributed by atoms with Gasteiger partial charge in [0.25, 0.3) is 0 Å². The van der Waals surface area contributed by atoms with Gasteiger partial charge in [-0.15, -0.1) is 0 Å². The summed E-state index contributed by atoms with van der Waals surface area (Å²) in [7, 11) is 0. The van der Waals surface area contributed by atoms with Crippen LogP contribution in [0.4, 0.5) is 11.4 Å². The average molecular weight is 474 g/mol. The van der Waals surface area contributed by atoms with Crippen LogP contribution in [0.5, 0.6) is 11.5 Å². The van der Waals surface area contributed by atoms with Crippen molar-refractivity contribution >= 4 is 23.2 Å². The Kier molecular flexibility index (Phi) is 7.88. The smallest absolute Gasteiger partial charge is 0.243 e. The lowest BCUT2D eigenvalue weighted by Gasteiger charge is -2.18. The molecule has 1 aliphatic heterocycles. The predicted octanol–water partition coefficient (Wildman–Crippen LogP) is 4.72. The third kappa shape index (κ3) is 6.12. The molecule has 0 saturated carbocycles. The summed E-state index contributed by atoms with van der Waals surface area (Å²) in [6, 6.07) is 23.2. The minimum absolute atomic E-state index is 0.0482. The number of anilines is 2. The normalized spacial score (nSPS) is 15.1. The molecule has 0 bridgehead atoms. The molecule has 0 unspecified atom stereocenters. The standard InChI is InChI=1S/C28H31N3O4/c1-3-20-10-13-24(14-11-20)31-18-22(16-27(31)32)28(33)30-29-23-12-15-25(26(17-23)34-4-2)35-19-21-8-6-5-7-9-21/h5-15,17,22,29H,3-4,16,18-19H2,1-2H3,(H,30,33)/t22-/m1/s1. The highest BCUT2D eigenvalue weighted by molar-refractivity contribution is 6.00. The number of rotatable bonds is 10. The number of amides is 2. The molecule has 1 atom stereocenters. The molecule has 35 heavy (non-hydrogen) atoms. The van der Waals surface area contributed by atoms with Crippen LogP contribution in [0.2, 0.25) is 0 Å². The predicted molar refractivity (Wildman–Crippen MR) is 136 cm³/mol. The van der Waals surface area contributed by atoms with Gasteiger partial charge < -0.3 is 14.4 Å². The van der Waals surface area contributed by atoms with Gasteiger partial charge in [-0.2, -0.15) is 0 Å². The molecule has 0 radical (unpaired) electrons. The number of hydrogen-bond acceptors (Lipinski definition) is 5. The molecule has 7 heteroatoms. The van der Waals surface area contributed by atoms with Gasteiger partial charge in [-0.3, -0.25) is 20.4 Å². The lowest BCUT2D eigenvalue weighted by Crippen LogP contribution is -2.36. The number of nitrogens with zero attached hydrogens (tertiary/aromatic N) is 1. The van der Waals surface area contributed by atoms with E-state index in [0.717, 1.165) is 17.7 Å². The first-order valence-electron chi connectivity index (χ1n) is 12.0. The summed E-state index contributed by atoms with van der Waals surface area (Å²) in [5, 5.41) is 0. The Labute approximate surface area is 206 Å². The summed E-state index contributed by atoms with van der Waals surface area (Å²) >= 11 is 0. The number of benzene rings is 3. The third-order valence-electron chi connectivity index (χ3n) is 5.96. The van der Waals surface area contributed by atoms with Gasteiger partial charge >= 0.3 is 0 Å². The van der Waals surface area contributed by atoms with E-state index in [1.807, 2.05) is 73.7 Å². The van der Waals surface area contributed by atoms with Crippen molar-refractivity contribution in [2.24, 2.45) is 5.92 Å². The fourth-order valence-corrected chi connectivity index (χ4v) is 3.99. The number of hydrogen-bond donors (Lipinski definition) is 2. The van der Waals surface area contributed by atoms with Crippen molar-refractivity contribution in [3.8, 4) is 11.5 Å². The van der Waals surface area contributed by atoms with E-state index in [4.69, 9.17) is 9.47 Å². The van der Waals surface area contributed by atoms with Crippen LogP contribution in [-0.4, -0.2) is 25.0 Å². The van der Waals surface area contributed by atoms with Crippen molar-refractivity contribution in [2.45, 2.75) is 33.3 Å². The molecule has 182 valence electrons. The van der Waals surface area contributed by atoms with Gasteiger partial charge in [0.05, 0.1) is 18.2 Å². The number of ether oxygens (including phenoxy) is 2. The number of aryl methyl sites for hydroxylation is 1. The Morgan fingerprint density at radius 2 is 1.71 bits per heavy atom. The molecule has 7 nitrogen and oxygen atoms in total. The number of hydrazine groups is 1. The fourth-order valence-electron chi connectivity index (χ4n) is 3.99. The second-order valence-electron chi connectivity index (χ2n) is 8.41.